The lowest BCUT2D eigenvalue weighted by Crippen LogP contribution is -2.12. The van der Waals surface area contributed by atoms with E-state index in [9.17, 15) is 0 Å². The molecule has 2 rings (SSSR count). The van der Waals surface area contributed by atoms with E-state index in [1.54, 1.807) is 11.3 Å². The zero-order valence-corrected chi connectivity index (χ0v) is 10.3. The lowest BCUT2D eigenvalue weighted by molar-refractivity contribution is 0.690. The highest BCUT2D eigenvalue weighted by Crippen LogP contribution is 2.34. The van der Waals surface area contributed by atoms with Crippen molar-refractivity contribution >= 4 is 22.9 Å². The van der Waals surface area contributed by atoms with Crippen LogP contribution in [0.2, 0.25) is 5.02 Å². The molecule has 0 amide bonds. The van der Waals surface area contributed by atoms with Gasteiger partial charge in [-0.3, -0.25) is 0 Å². The first-order valence-corrected chi connectivity index (χ1v) is 6.72. The van der Waals surface area contributed by atoms with Crippen LogP contribution in [0.4, 0.5) is 0 Å². The molecule has 3 heteroatoms. The Morgan fingerprint density at radius 2 is 2.20 bits per heavy atom. The molecule has 1 nitrogen and oxygen atoms in total. The molecule has 2 N–H and O–H groups in total. The van der Waals surface area contributed by atoms with E-state index < -0.39 is 0 Å². The third-order valence-corrected chi connectivity index (χ3v) is 4.34. The summed E-state index contributed by atoms with van der Waals surface area (Å²) >= 11 is 7.76. The van der Waals surface area contributed by atoms with Gasteiger partial charge in [-0.25, -0.2) is 0 Å². The highest BCUT2D eigenvalue weighted by molar-refractivity contribution is 7.10. The zero-order chi connectivity index (χ0) is 10.7. The Bertz CT molecular complexity index is 356. The molecule has 0 radical (unpaired) electrons. The molecule has 0 saturated heterocycles. The molecule has 1 heterocycles. The van der Waals surface area contributed by atoms with Crippen LogP contribution in [0.25, 0.3) is 0 Å². The summed E-state index contributed by atoms with van der Waals surface area (Å²) in [6.07, 6.45) is 8.51. The number of hydrogen-bond donors (Lipinski definition) is 1. The summed E-state index contributed by atoms with van der Waals surface area (Å²) in [7, 11) is 0. The van der Waals surface area contributed by atoms with Crippen molar-refractivity contribution in [1.82, 2.24) is 0 Å². The van der Waals surface area contributed by atoms with E-state index in [1.165, 1.54) is 31.3 Å². The molecule has 0 aliphatic heterocycles. The molecule has 1 aromatic rings. The quantitative estimate of drug-likeness (QED) is 0.768. The van der Waals surface area contributed by atoms with Crippen LogP contribution < -0.4 is 5.73 Å². The molecule has 0 fully saturated rings. The van der Waals surface area contributed by atoms with E-state index in [-0.39, 0.29) is 6.04 Å². The predicted molar refractivity (Wildman–Crippen MR) is 67.4 cm³/mol. The molecule has 1 unspecified atom stereocenters. The van der Waals surface area contributed by atoms with Gasteiger partial charge in [0.15, 0.2) is 0 Å². The van der Waals surface area contributed by atoms with Gasteiger partial charge < -0.3 is 5.73 Å². The maximum atomic E-state index is 6.24. The first-order valence-electron chi connectivity index (χ1n) is 5.46. The van der Waals surface area contributed by atoms with Crippen molar-refractivity contribution in [2.45, 2.75) is 38.1 Å². The average molecular weight is 242 g/mol. The Labute approximate surface area is 99.9 Å². The summed E-state index contributed by atoms with van der Waals surface area (Å²) in [5.74, 6) is 0. The third kappa shape index (κ3) is 2.63. The number of rotatable bonds is 2. The van der Waals surface area contributed by atoms with Gasteiger partial charge in [0.05, 0.1) is 11.1 Å². The van der Waals surface area contributed by atoms with Crippen molar-refractivity contribution < 1.29 is 0 Å². The fourth-order valence-corrected chi connectivity index (χ4v) is 3.24. The molecule has 1 atom stereocenters. The fourth-order valence-electron chi connectivity index (χ4n) is 2.02. The number of allylic oxidation sites excluding steroid dienone is 1. The Morgan fingerprint density at radius 3 is 2.93 bits per heavy atom. The summed E-state index contributed by atoms with van der Waals surface area (Å²) in [6.45, 7) is 0. The van der Waals surface area contributed by atoms with Crippen molar-refractivity contribution in [3.63, 3.8) is 0 Å². The van der Waals surface area contributed by atoms with E-state index in [0.717, 1.165) is 16.3 Å². The second kappa shape index (κ2) is 5.15. The Hall–Kier alpha value is -0.310. The van der Waals surface area contributed by atoms with E-state index in [0.29, 0.717) is 0 Å². The van der Waals surface area contributed by atoms with Crippen LogP contribution in [0, 0.1) is 0 Å². The topological polar surface area (TPSA) is 26.0 Å². The minimum atomic E-state index is 0.0237. The maximum absolute atomic E-state index is 6.24. The van der Waals surface area contributed by atoms with Gasteiger partial charge in [0.25, 0.3) is 0 Å². The van der Waals surface area contributed by atoms with Gasteiger partial charge in [-0.05, 0) is 37.1 Å². The predicted octanol–water partition coefficient (Wildman–Crippen LogP) is 4.29. The summed E-state index contributed by atoms with van der Waals surface area (Å²) < 4.78 is 0. The van der Waals surface area contributed by atoms with Crippen molar-refractivity contribution in [3.05, 3.63) is 33.0 Å². The summed E-state index contributed by atoms with van der Waals surface area (Å²) in [4.78, 5) is 1.12. The number of hydrogen-bond acceptors (Lipinski definition) is 2. The van der Waals surface area contributed by atoms with Crippen LogP contribution in [0.5, 0.6) is 0 Å². The van der Waals surface area contributed by atoms with Crippen LogP contribution in [0.1, 0.15) is 43.0 Å². The van der Waals surface area contributed by atoms with Crippen molar-refractivity contribution in [2.75, 3.05) is 0 Å². The highest BCUT2D eigenvalue weighted by Gasteiger charge is 2.16. The average Bonchev–Trinajstić information content (AvgIpc) is 2.53. The van der Waals surface area contributed by atoms with Crippen LogP contribution in [-0.2, 0) is 0 Å². The molecular formula is C12H16ClNS. The highest BCUT2D eigenvalue weighted by atomic mass is 35.5. The Balaban J connectivity index is 2.16. The van der Waals surface area contributed by atoms with Crippen molar-refractivity contribution in [1.29, 1.82) is 0 Å². The standard InChI is InChI=1S/C12H16ClNS/c13-10-7-8-15-12(10)11(14)9-5-3-1-2-4-6-9/h5,7-8,11H,1-4,6,14H2. The molecule has 1 aromatic heterocycles. The number of thiophene rings is 1. The Kier molecular flexibility index (Phi) is 3.84. The van der Waals surface area contributed by atoms with E-state index in [2.05, 4.69) is 6.08 Å². The van der Waals surface area contributed by atoms with E-state index in [1.807, 2.05) is 11.4 Å². The largest absolute Gasteiger partial charge is 0.320 e. The molecule has 0 aromatic carbocycles. The van der Waals surface area contributed by atoms with Gasteiger partial charge in [-0.15, -0.1) is 11.3 Å². The van der Waals surface area contributed by atoms with Crippen LogP contribution in [0.15, 0.2) is 23.1 Å². The summed E-state index contributed by atoms with van der Waals surface area (Å²) in [5, 5.41) is 2.83. The van der Waals surface area contributed by atoms with Gasteiger partial charge in [-0.2, -0.15) is 0 Å². The van der Waals surface area contributed by atoms with Gasteiger partial charge in [0.1, 0.15) is 0 Å². The smallest absolute Gasteiger partial charge is 0.0620 e. The second-order valence-corrected chi connectivity index (χ2v) is 5.34. The molecule has 82 valence electrons. The van der Waals surface area contributed by atoms with Crippen molar-refractivity contribution in [2.24, 2.45) is 5.73 Å². The monoisotopic (exact) mass is 241 g/mol. The first-order chi connectivity index (χ1) is 7.29. The lowest BCUT2D eigenvalue weighted by atomic mass is 10.0. The lowest BCUT2D eigenvalue weighted by Gasteiger charge is -2.14. The second-order valence-electron chi connectivity index (χ2n) is 3.99. The molecule has 0 saturated carbocycles. The minimum Gasteiger partial charge on any atom is -0.320 e. The Morgan fingerprint density at radius 1 is 1.33 bits per heavy atom. The molecule has 1 aliphatic carbocycles. The van der Waals surface area contributed by atoms with Gasteiger partial charge in [-0.1, -0.05) is 29.7 Å². The summed E-state index contributed by atoms with van der Waals surface area (Å²) in [5.41, 5.74) is 7.61. The first kappa shape index (κ1) is 11.2. The van der Waals surface area contributed by atoms with Crippen LogP contribution >= 0.6 is 22.9 Å². The van der Waals surface area contributed by atoms with Crippen molar-refractivity contribution in [3.8, 4) is 0 Å². The molecule has 1 aliphatic rings. The number of nitrogens with two attached hydrogens (primary N) is 1. The molecule has 0 spiro atoms. The van der Waals surface area contributed by atoms with E-state index in [4.69, 9.17) is 17.3 Å². The zero-order valence-electron chi connectivity index (χ0n) is 8.71. The van der Waals surface area contributed by atoms with Gasteiger partial charge in [0, 0.05) is 4.88 Å². The van der Waals surface area contributed by atoms with Gasteiger partial charge >= 0.3 is 0 Å². The van der Waals surface area contributed by atoms with E-state index >= 15 is 0 Å². The van der Waals surface area contributed by atoms with Gasteiger partial charge in [0.2, 0.25) is 0 Å². The van der Waals surface area contributed by atoms with Crippen LogP contribution in [0.3, 0.4) is 0 Å². The number of halogens is 1. The summed E-state index contributed by atoms with van der Waals surface area (Å²) in [6, 6.07) is 1.95. The van der Waals surface area contributed by atoms with Crippen LogP contribution in [-0.4, -0.2) is 0 Å². The third-order valence-electron chi connectivity index (χ3n) is 2.90. The minimum absolute atomic E-state index is 0.0237. The SMILES string of the molecule is NC(C1=CCCCCC1)c1sccc1Cl. The normalized spacial score (nSPS) is 19.5. The maximum Gasteiger partial charge on any atom is 0.0620 e. The molecule has 15 heavy (non-hydrogen) atoms. The molecule has 0 bridgehead atoms. The molecular weight excluding hydrogens is 226 g/mol. The fraction of sp³-hybridized carbons (Fsp3) is 0.500.